The summed E-state index contributed by atoms with van der Waals surface area (Å²) in [4.78, 5) is 3.61. The van der Waals surface area contributed by atoms with E-state index in [9.17, 15) is 18.3 Å². The van der Waals surface area contributed by atoms with Crippen LogP contribution in [0.2, 0.25) is 0 Å². The van der Waals surface area contributed by atoms with Crippen molar-refractivity contribution in [3.05, 3.63) is 72.1 Å². The molecule has 20 heavy (non-hydrogen) atoms. The molecule has 2 rings (SSSR count). The highest BCUT2D eigenvalue weighted by atomic mass is 19.4. The monoisotopic (exact) mass is 279 g/mol. The van der Waals surface area contributed by atoms with Gasteiger partial charge in [-0.2, -0.15) is 13.2 Å². The predicted octanol–water partition coefficient (Wildman–Crippen LogP) is 3.54. The van der Waals surface area contributed by atoms with E-state index in [0.29, 0.717) is 11.6 Å². The number of alkyl halides is 3. The number of aromatic nitrogens is 1. The number of pyridine rings is 1. The van der Waals surface area contributed by atoms with Crippen molar-refractivity contribution in [1.29, 1.82) is 0 Å². The van der Waals surface area contributed by atoms with Gasteiger partial charge >= 0.3 is 6.18 Å². The van der Waals surface area contributed by atoms with Crippen molar-refractivity contribution in [3.63, 3.8) is 0 Å². The quantitative estimate of drug-likeness (QED) is 0.932. The minimum atomic E-state index is -4.85. The van der Waals surface area contributed by atoms with Crippen LogP contribution in [0.5, 0.6) is 0 Å². The van der Waals surface area contributed by atoms with Gasteiger partial charge in [0.15, 0.2) is 0 Å². The Morgan fingerprint density at radius 3 is 2.15 bits per heavy atom. The Hall–Kier alpha value is -2.14. The van der Waals surface area contributed by atoms with Gasteiger partial charge in [0, 0.05) is 6.20 Å². The summed E-state index contributed by atoms with van der Waals surface area (Å²) in [6.07, 6.45) is -1.71. The van der Waals surface area contributed by atoms with Crippen LogP contribution in [0.25, 0.3) is 6.08 Å². The summed E-state index contributed by atoms with van der Waals surface area (Å²) in [7, 11) is 0. The maximum atomic E-state index is 13.2. The third-order valence-electron chi connectivity index (χ3n) is 2.80. The summed E-state index contributed by atoms with van der Waals surface area (Å²) < 4.78 is 39.5. The lowest BCUT2D eigenvalue weighted by Gasteiger charge is -2.26. The largest absolute Gasteiger partial charge is 0.426 e. The van der Waals surface area contributed by atoms with E-state index in [-0.39, 0.29) is 0 Å². The van der Waals surface area contributed by atoms with Crippen LogP contribution >= 0.6 is 0 Å². The number of aliphatic hydroxyl groups is 1. The van der Waals surface area contributed by atoms with Crippen molar-refractivity contribution in [3.8, 4) is 0 Å². The molecule has 0 saturated carbocycles. The molecule has 1 unspecified atom stereocenters. The average Bonchev–Trinajstić information content (AvgIpc) is 2.45. The predicted molar refractivity (Wildman–Crippen MR) is 69.7 cm³/mol. The van der Waals surface area contributed by atoms with Crippen LogP contribution in [-0.2, 0) is 5.60 Å². The summed E-state index contributed by atoms with van der Waals surface area (Å²) in [6.45, 7) is 0. The second-order valence-corrected chi connectivity index (χ2v) is 4.22. The van der Waals surface area contributed by atoms with Crippen LogP contribution in [0.3, 0.4) is 0 Å². The molecular weight excluding hydrogens is 267 g/mol. The summed E-state index contributed by atoms with van der Waals surface area (Å²) in [5.41, 5.74) is -3.00. The first-order valence-electron chi connectivity index (χ1n) is 5.88. The van der Waals surface area contributed by atoms with E-state index in [1.165, 1.54) is 24.4 Å². The smallest absolute Gasteiger partial charge is 0.371 e. The van der Waals surface area contributed by atoms with Crippen molar-refractivity contribution in [2.24, 2.45) is 0 Å². The fraction of sp³-hybridized carbons (Fsp3) is 0.133. The van der Waals surface area contributed by atoms with Crippen LogP contribution in [0, 0.1) is 0 Å². The van der Waals surface area contributed by atoms with Gasteiger partial charge in [0.25, 0.3) is 0 Å². The second-order valence-electron chi connectivity index (χ2n) is 4.22. The molecule has 0 amide bonds. The zero-order valence-electron chi connectivity index (χ0n) is 10.4. The van der Waals surface area contributed by atoms with Gasteiger partial charge in [-0.1, -0.05) is 42.5 Å². The first kappa shape index (κ1) is 14.3. The maximum Gasteiger partial charge on any atom is 0.426 e. The Balaban J connectivity index is 2.42. The van der Waals surface area contributed by atoms with Crippen molar-refractivity contribution >= 4 is 6.08 Å². The second kappa shape index (κ2) is 5.46. The Morgan fingerprint density at radius 2 is 1.60 bits per heavy atom. The highest BCUT2D eigenvalue weighted by molar-refractivity contribution is 5.51. The molecule has 5 heteroatoms. The first-order chi connectivity index (χ1) is 9.43. The SMILES string of the molecule is OC(C=Cc1ccccc1)(c1ccccn1)C(F)(F)F. The highest BCUT2D eigenvalue weighted by Crippen LogP contribution is 2.39. The molecule has 2 nitrogen and oxygen atoms in total. The molecule has 1 N–H and O–H groups in total. The fourth-order valence-electron chi connectivity index (χ4n) is 1.69. The van der Waals surface area contributed by atoms with Gasteiger partial charge in [-0.05, 0) is 23.8 Å². The van der Waals surface area contributed by atoms with Crippen LogP contribution in [0.4, 0.5) is 13.2 Å². The minimum Gasteiger partial charge on any atom is -0.371 e. The van der Waals surface area contributed by atoms with E-state index in [4.69, 9.17) is 0 Å². The third-order valence-corrected chi connectivity index (χ3v) is 2.80. The third kappa shape index (κ3) is 2.88. The Kier molecular flexibility index (Phi) is 3.90. The van der Waals surface area contributed by atoms with Gasteiger partial charge in [0.1, 0.15) is 0 Å². The van der Waals surface area contributed by atoms with Crippen LogP contribution in [0.15, 0.2) is 60.8 Å². The molecule has 1 heterocycles. The van der Waals surface area contributed by atoms with Crippen molar-refractivity contribution in [1.82, 2.24) is 4.98 Å². The number of benzene rings is 1. The molecular formula is C15H12F3NO. The molecule has 0 radical (unpaired) electrons. The van der Waals surface area contributed by atoms with E-state index < -0.39 is 17.5 Å². The first-order valence-corrected chi connectivity index (χ1v) is 5.88. The van der Waals surface area contributed by atoms with E-state index in [0.717, 1.165) is 6.07 Å². The van der Waals surface area contributed by atoms with Crippen molar-refractivity contribution in [2.75, 3.05) is 0 Å². The molecule has 0 bridgehead atoms. The van der Waals surface area contributed by atoms with Gasteiger partial charge in [-0.15, -0.1) is 0 Å². The molecule has 0 saturated heterocycles. The average molecular weight is 279 g/mol. The van der Waals surface area contributed by atoms with Gasteiger partial charge in [0.05, 0.1) is 5.69 Å². The van der Waals surface area contributed by atoms with Crippen LogP contribution in [-0.4, -0.2) is 16.3 Å². The normalized spacial score (nSPS) is 15.2. The van der Waals surface area contributed by atoms with Gasteiger partial charge < -0.3 is 5.11 Å². The zero-order chi connectivity index (χ0) is 14.6. The van der Waals surface area contributed by atoms with Crippen molar-refractivity contribution < 1.29 is 18.3 Å². The van der Waals surface area contributed by atoms with Crippen molar-refractivity contribution in [2.45, 2.75) is 11.8 Å². The summed E-state index contributed by atoms with van der Waals surface area (Å²) in [5, 5.41) is 10.0. The molecule has 1 aromatic carbocycles. The van der Waals surface area contributed by atoms with Gasteiger partial charge in [-0.25, -0.2) is 0 Å². The molecule has 1 atom stereocenters. The number of nitrogens with zero attached hydrogens (tertiary/aromatic N) is 1. The molecule has 0 aliphatic heterocycles. The number of halogens is 3. The number of hydrogen-bond acceptors (Lipinski definition) is 2. The Morgan fingerprint density at radius 1 is 0.950 bits per heavy atom. The molecule has 0 spiro atoms. The lowest BCUT2D eigenvalue weighted by molar-refractivity contribution is -0.246. The molecule has 0 aliphatic rings. The summed E-state index contributed by atoms with van der Waals surface area (Å²) in [6, 6.07) is 12.5. The number of rotatable bonds is 3. The van der Waals surface area contributed by atoms with E-state index in [2.05, 4.69) is 4.98 Å². The zero-order valence-corrected chi connectivity index (χ0v) is 10.4. The van der Waals surface area contributed by atoms with Gasteiger partial charge in [-0.3, -0.25) is 4.98 Å². The molecule has 1 aromatic heterocycles. The Bertz CT molecular complexity index is 581. The van der Waals surface area contributed by atoms with E-state index in [1.807, 2.05) is 0 Å². The molecule has 0 aliphatic carbocycles. The molecule has 2 aromatic rings. The summed E-state index contributed by atoms with van der Waals surface area (Å²) in [5.74, 6) is 0. The lowest BCUT2D eigenvalue weighted by atomic mass is 9.96. The molecule has 0 fully saturated rings. The fourth-order valence-corrected chi connectivity index (χ4v) is 1.69. The standard InChI is InChI=1S/C15H12F3NO/c16-15(17,18)14(20,13-8-4-5-11-19-13)10-9-12-6-2-1-3-7-12/h1-11,20H. The summed E-state index contributed by atoms with van der Waals surface area (Å²) >= 11 is 0. The topological polar surface area (TPSA) is 33.1 Å². The van der Waals surface area contributed by atoms with Crippen LogP contribution in [0.1, 0.15) is 11.3 Å². The molecule has 104 valence electrons. The van der Waals surface area contributed by atoms with E-state index >= 15 is 0 Å². The van der Waals surface area contributed by atoms with Crippen LogP contribution < -0.4 is 0 Å². The Labute approximate surface area is 114 Å². The number of hydrogen-bond donors (Lipinski definition) is 1. The lowest BCUT2D eigenvalue weighted by Crippen LogP contribution is -2.41. The minimum absolute atomic E-state index is 0.459. The highest BCUT2D eigenvalue weighted by Gasteiger charge is 2.54. The van der Waals surface area contributed by atoms with E-state index in [1.54, 1.807) is 30.3 Å². The van der Waals surface area contributed by atoms with Gasteiger partial charge in [0.2, 0.25) is 5.60 Å². The maximum absolute atomic E-state index is 13.2.